The van der Waals surface area contributed by atoms with E-state index < -0.39 is 5.82 Å². The van der Waals surface area contributed by atoms with Gasteiger partial charge in [-0.1, -0.05) is 0 Å². The quantitative estimate of drug-likeness (QED) is 0.771. The van der Waals surface area contributed by atoms with Crippen LogP contribution in [0.5, 0.6) is 5.75 Å². The van der Waals surface area contributed by atoms with Gasteiger partial charge in [-0.2, -0.15) is 0 Å². The summed E-state index contributed by atoms with van der Waals surface area (Å²) in [6.07, 6.45) is 2.45. The van der Waals surface area contributed by atoms with E-state index >= 15 is 0 Å². The second-order valence-corrected chi connectivity index (χ2v) is 4.36. The first kappa shape index (κ1) is 15.4. The molecule has 1 amide bonds. The number of hydrogen-bond donors (Lipinski definition) is 1. The van der Waals surface area contributed by atoms with E-state index in [0.29, 0.717) is 12.1 Å². The first-order chi connectivity index (χ1) is 9.10. The fourth-order valence-corrected chi connectivity index (χ4v) is 1.75. The van der Waals surface area contributed by atoms with Crippen molar-refractivity contribution in [3.05, 3.63) is 29.6 Å². The SMILES string of the molecule is COc1cc(C(=O)N(C)CCCCCO)ccc1F. The lowest BCUT2D eigenvalue weighted by Crippen LogP contribution is -2.27. The summed E-state index contributed by atoms with van der Waals surface area (Å²) in [5.74, 6) is -0.577. The third-order valence-electron chi connectivity index (χ3n) is 2.90. The Labute approximate surface area is 112 Å². The third kappa shape index (κ3) is 4.52. The molecular weight excluding hydrogens is 249 g/mol. The minimum Gasteiger partial charge on any atom is -0.494 e. The van der Waals surface area contributed by atoms with E-state index in [1.165, 1.54) is 25.3 Å². The summed E-state index contributed by atoms with van der Waals surface area (Å²) in [6, 6.07) is 4.08. The standard InChI is InChI=1S/C14H20FNO3/c1-16(8-4-3-5-9-17)14(18)11-6-7-12(15)13(10-11)19-2/h6-7,10,17H,3-5,8-9H2,1-2H3. The van der Waals surface area contributed by atoms with E-state index in [2.05, 4.69) is 0 Å². The molecule has 1 N–H and O–H groups in total. The van der Waals surface area contributed by atoms with Gasteiger partial charge in [-0.15, -0.1) is 0 Å². The molecule has 0 aromatic heterocycles. The fourth-order valence-electron chi connectivity index (χ4n) is 1.75. The van der Waals surface area contributed by atoms with Crippen molar-refractivity contribution in [1.29, 1.82) is 0 Å². The molecule has 0 bridgehead atoms. The van der Waals surface area contributed by atoms with Crippen molar-refractivity contribution in [3.63, 3.8) is 0 Å². The van der Waals surface area contributed by atoms with Crippen LogP contribution in [0.15, 0.2) is 18.2 Å². The van der Waals surface area contributed by atoms with Gasteiger partial charge in [0, 0.05) is 25.8 Å². The molecule has 0 saturated heterocycles. The molecule has 0 atom stereocenters. The van der Waals surface area contributed by atoms with Gasteiger partial charge in [-0.25, -0.2) is 4.39 Å². The normalized spacial score (nSPS) is 10.3. The smallest absolute Gasteiger partial charge is 0.253 e. The van der Waals surface area contributed by atoms with Gasteiger partial charge in [0.2, 0.25) is 0 Å². The minimum absolute atomic E-state index is 0.0690. The van der Waals surface area contributed by atoms with Gasteiger partial charge in [0.1, 0.15) is 0 Å². The minimum atomic E-state index is -0.482. The molecule has 19 heavy (non-hydrogen) atoms. The summed E-state index contributed by atoms with van der Waals surface area (Å²) in [5, 5.41) is 8.67. The molecule has 0 heterocycles. The average Bonchev–Trinajstić information content (AvgIpc) is 2.43. The predicted octanol–water partition coefficient (Wildman–Crippen LogP) is 2.07. The van der Waals surface area contributed by atoms with Crippen LogP contribution in [0.1, 0.15) is 29.6 Å². The maximum Gasteiger partial charge on any atom is 0.253 e. The van der Waals surface area contributed by atoms with E-state index in [1.807, 2.05) is 0 Å². The van der Waals surface area contributed by atoms with Gasteiger partial charge in [0.05, 0.1) is 7.11 Å². The number of rotatable bonds is 7. The highest BCUT2D eigenvalue weighted by Gasteiger charge is 2.13. The highest BCUT2D eigenvalue weighted by molar-refractivity contribution is 5.94. The number of unbranched alkanes of at least 4 members (excludes halogenated alkanes) is 2. The first-order valence-electron chi connectivity index (χ1n) is 6.30. The number of halogens is 1. The lowest BCUT2D eigenvalue weighted by Gasteiger charge is -2.17. The zero-order valence-corrected chi connectivity index (χ0v) is 11.4. The predicted molar refractivity (Wildman–Crippen MR) is 70.8 cm³/mol. The summed E-state index contributed by atoms with van der Waals surface area (Å²) < 4.78 is 18.1. The van der Waals surface area contributed by atoms with Crippen LogP contribution in [-0.2, 0) is 0 Å². The molecule has 1 rings (SSSR count). The van der Waals surface area contributed by atoms with Crippen molar-refractivity contribution in [2.45, 2.75) is 19.3 Å². The van der Waals surface area contributed by atoms with E-state index in [9.17, 15) is 9.18 Å². The molecule has 106 valence electrons. The molecule has 1 aromatic carbocycles. The molecule has 0 unspecified atom stereocenters. The van der Waals surface area contributed by atoms with Crippen molar-refractivity contribution in [2.24, 2.45) is 0 Å². The molecule has 0 spiro atoms. The van der Waals surface area contributed by atoms with E-state index in [4.69, 9.17) is 9.84 Å². The average molecular weight is 269 g/mol. The lowest BCUT2D eigenvalue weighted by atomic mass is 10.1. The van der Waals surface area contributed by atoms with Crippen LogP contribution in [0.4, 0.5) is 4.39 Å². The van der Waals surface area contributed by atoms with Crippen LogP contribution in [-0.4, -0.2) is 43.2 Å². The van der Waals surface area contributed by atoms with E-state index in [1.54, 1.807) is 11.9 Å². The van der Waals surface area contributed by atoms with Gasteiger partial charge < -0.3 is 14.7 Å². The number of hydrogen-bond acceptors (Lipinski definition) is 3. The van der Waals surface area contributed by atoms with Crippen LogP contribution in [0, 0.1) is 5.82 Å². The molecule has 4 nitrogen and oxygen atoms in total. The molecule has 0 aliphatic rings. The number of nitrogens with zero attached hydrogens (tertiary/aromatic N) is 1. The first-order valence-corrected chi connectivity index (χ1v) is 6.30. The third-order valence-corrected chi connectivity index (χ3v) is 2.90. The zero-order chi connectivity index (χ0) is 14.3. The monoisotopic (exact) mass is 269 g/mol. The van der Waals surface area contributed by atoms with Gasteiger partial charge in [0.15, 0.2) is 11.6 Å². The van der Waals surface area contributed by atoms with Gasteiger partial charge in [-0.05, 0) is 37.5 Å². The molecule has 0 aliphatic heterocycles. The van der Waals surface area contributed by atoms with Crippen LogP contribution in [0.3, 0.4) is 0 Å². The molecule has 0 fully saturated rings. The van der Waals surface area contributed by atoms with Crippen LogP contribution in [0.2, 0.25) is 0 Å². The Balaban J connectivity index is 2.61. The summed E-state index contributed by atoms with van der Waals surface area (Å²) in [7, 11) is 3.07. The molecular formula is C14H20FNO3. The highest BCUT2D eigenvalue weighted by atomic mass is 19.1. The number of carbonyl (C=O) groups excluding carboxylic acids is 1. The molecule has 0 saturated carbocycles. The van der Waals surface area contributed by atoms with Crippen molar-refractivity contribution < 1.29 is 19.0 Å². The molecule has 0 radical (unpaired) electrons. The Kier molecular flexibility index (Phi) is 6.29. The Morgan fingerprint density at radius 3 is 2.74 bits per heavy atom. The van der Waals surface area contributed by atoms with Gasteiger partial charge in [-0.3, -0.25) is 4.79 Å². The van der Waals surface area contributed by atoms with Gasteiger partial charge in [0.25, 0.3) is 5.91 Å². The molecule has 0 aliphatic carbocycles. The van der Waals surface area contributed by atoms with Crippen LogP contribution >= 0.6 is 0 Å². The fraction of sp³-hybridized carbons (Fsp3) is 0.500. The Morgan fingerprint density at radius 1 is 1.37 bits per heavy atom. The number of benzene rings is 1. The number of methoxy groups -OCH3 is 1. The molecule has 1 aromatic rings. The Morgan fingerprint density at radius 2 is 2.11 bits per heavy atom. The maximum absolute atomic E-state index is 13.2. The van der Waals surface area contributed by atoms with E-state index in [-0.39, 0.29) is 18.3 Å². The van der Waals surface area contributed by atoms with Crippen LogP contribution < -0.4 is 4.74 Å². The highest BCUT2D eigenvalue weighted by Crippen LogP contribution is 2.19. The van der Waals surface area contributed by atoms with Crippen molar-refractivity contribution >= 4 is 5.91 Å². The second kappa shape index (κ2) is 7.74. The number of amides is 1. The Bertz CT molecular complexity index is 423. The number of carbonyl (C=O) groups is 1. The second-order valence-electron chi connectivity index (χ2n) is 4.36. The summed E-state index contributed by atoms with van der Waals surface area (Å²) in [5.41, 5.74) is 0.405. The number of ether oxygens (including phenoxy) is 1. The van der Waals surface area contributed by atoms with Crippen molar-refractivity contribution in [1.82, 2.24) is 4.90 Å². The summed E-state index contributed by atoms with van der Waals surface area (Å²) in [6.45, 7) is 0.783. The number of aliphatic hydroxyl groups excluding tert-OH is 1. The molecule has 5 heteroatoms. The summed E-state index contributed by atoms with van der Waals surface area (Å²) in [4.78, 5) is 13.7. The van der Waals surface area contributed by atoms with Gasteiger partial charge >= 0.3 is 0 Å². The van der Waals surface area contributed by atoms with Crippen molar-refractivity contribution in [2.75, 3.05) is 27.3 Å². The zero-order valence-electron chi connectivity index (χ0n) is 11.4. The Hall–Kier alpha value is -1.62. The van der Waals surface area contributed by atoms with E-state index in [0.717, 1.165) is 19.3 Å². The van der Waals surface area contributed by atoms with Crippen molar-refractivity contribution in [3.8, 4) is 5.75 Å². The van der Waals surface area contributed by atoms with Crippen LogP contribution in [0.25, 0.3) is 0 Å². The number of aliphatic hydroxyl groups is 1. The summed E-state index contributed by atoms with van der Waals surface area (Å²) >= 11 is 0. The topological polar surface area (TPSA) is 49.8 Å². The maximum atomic E-state index is 13.2. The largest absolute Gasteiger partial charge is 0.494 e. The lowest BCUT2D eigenvalue weighted by molar-refractivity contribution is 0.0791.